The van der Waals surface area contributed by atoms with Gasteiger partial charge in [0.1, 0.15) is 0 Å². The van der Waals surface area contributed by atoms with Crippen LogP contribution in [-0.2, 0) is 11.2 Å². The van der Waals surface area contributed by atoms with Crippen molar-refractivity contribution < 1.29 is 14.7 Å². The van der Waals surface area contributed by atoms with E-state index in [1.165, 1.54) is 32.1 Å². The summed E-state index contributed by atoms with van der Waals surface area (Å²) >= 11 is 0. The van der Waals surface area contributed by atoms with Gasteiger partial charge in [-0.05, 0) is 42.9 Å². The fourth-order valence-electron chi connectivity index (χ4n) is 3.11. The fourth-order valence-corrected chi connectivity index (χ4v) is 3.11. The van der Waals surface area contributed by atoms with Crippen LogP contribution >= 0.6 is 0 Å². The van der Waals surface area contributed by atoms with Crippen molar-refractivity contribution in [3.05, 3.63) is 35.4 Å². The van der Waals surface area contributed by atoms with Crippen LogP contribution in [0.2, 0.25) is 0 Å². The Bertz CT molecular complexity index is 504. The average Bonchev–Trinajstić information content (AvgIpc) is 2.53. The summed E-state index contributed by atoms with van der Waals surface area (Å²) < 4.78 is 0. The van der Waals surface area contributed by atoms with Gasteiger partial charge >= 0.3 is 5.97 Å². The Morgan fingerprint density at radius 3 is 2.36 bits per heavy atom. The summed E-state index contributed by atoms with van der Waals surface area (Å²) in [6, 6.07) is 6.76. The number of nitrogens with zero attached hydrogens (tertiary/aromatic N) is 1. The topological polar surface area (TPSA) is 57.6 Å². The number of benzene rings is 1. The molecule has 1 aliphatic rings. The summed E-state index contributed by atoms with van der Waals surface area (Å²) in [5.74, 6) is -0.0831. The van der Waals surface area contributed by atoms with Gasteiger partial charge in [0.2, 0.25) is 5.91 Å². The second-order valence-corrected chi connectivity index (χ2v) is 6.28. The van der Waals surface area contributed by atoms with Crippen molar-refractivity contribution in [3.63, 3.8) is 0 Å². The maximum atomic E-state index is 12.2. The molecule has 0 radical (unpaired) electrons. The molecular formula is C18H25NO3. The first-order chi connectivity index (χ1) is 10.6. The Morgan fingerprint density at radius 2 is 1.77 bits per heavy atom. The summed E-state index contributed by atoms with van der Waals surface area (Å²) in [7, 11) is 1.89. The molecule has 1 aliphatic carbocycles. The van der Waals surface area contributed by atoms with Gasteiger partial charge in [-0.25, -0.2) is 4.79 Å². The minimum absolute atomic E-state index is 0.174. The fraction of sp³-hybridized carbons (Fsp3) is 0.556. The van der Waals surface area contributed by atoms with Crippen molar-refractivity contribution in [2.75, 3.05) is 13.6 Å². The third kappa shape index (κ3) is 4.86. The van der Waals surface area contributed by atoms with Gasteiger partial charge in [0, 0.05) is 20.0 Å². The molecule has 0 heterocycles. The van der Waals surface area contributed by atoms with Gasteiger partial charge in [0.05, 0.1) is 5.56 Å². The number of carbonyl (C=O) groups is 2. The molecule has 1 aromatic rings. The lowest BCUT2D eigenvalue weighted by Gasteiger charge is -2.27. The molecule has 120 valence electrons. The van der Waals surface area contributed by atoms with E-state index >= 15 is 0 Å². The number of hydrogen-bond donors (Lipinski definition) is 1. The standard InChI is InChI=1S/C18H25NO3/c1-19(13-15-5-3-2-4-6-15)17(20)12-9-14-7-10-16(11-8-14)18(21)22/h7-8,10-11,15H,2-6,9,12-13H2,1H3,(H,21,22). The van der Waals surface area contributed by atoms with Crippen LogP contribution in [0, 0.1) is 5.92 Å². The van der Waals surface area contributed by atoms with Crippen molar-refractivity contribution in [2.45, 2.75) is 44.9 Å². The Kier molecular flexibility index (Phi) is 5.99. The summed E-state index contributed by atoms with van der Waals surface area (Å²) in [6.45, 7) is 0.872. The van der Waals surface area contributed by atoms with Gasteiger partial charge in [-0.15, -0.1) is 0 Å². The van der Waals surface area contributed by atoms with Crippen molar-refractivity contribution >= 4 is 11.9 Å². The van der Waals surface area contributed by atoms with Gasteiger partial charge < -0.3 is 10.0 Å². The highest BCUT2D eigenvalue weighted by Gasteiger charge is 2.18. The average molecular weight is 303 g/mol. The number of hydrogen-bond acceptors (Lipinski definition) is 2. The van der Waals surface area contributed by atoms with Gasteiger partial charge in [-0.1, -0.05) is 31.4 Å². The van der Waals surface area contributed by atoms with Crippen LogP contribution in [0.1, 0.15) is 54.4 Å². The smallest absolute Gasteiger partial charge is 0.335 e. The summed E-state index contributed by atoms with van der Waals surface area (Å²) in [5.41, 5.74) is 1.29. The summed E-state index contributed by atoms with van der Waals surface area (Å²) in [4.78, 5) is 24.9. The monoisotopic (exact) mass is 303 g/mol. The van der Waals surface area contributed by atoms with Crippen LogP contribution in [0.5, 0.6) is 0 Å². The third-order valence-electron chi connectivity index (χ3n) is 4.51. The zero-order chi connectivity index (χ0) is 15.9. The second kappa shape index (κ2) is 7.97. The minimum atomic E-state index is -0.921. The molecule has 1 fully saturated rings. The predicted octanol–water partition coefficient (Wildman–Crippen LogP) is 3.36. The summed E-state index contributed by atoms with van der Waals surface area (Å²) in [6.07, 6.45) is 7.55. The molecule has 1 amide bonds. The van der Waals surface area contributed by atoms with Gasteiger partial charge in [0.25, 0.3) is 0 Å². The first-order valence-electron chi connectivity index (χ1n) is 8.12. The second-order valence-electron chi connectivity index (χ2n) is 6.28. The Hall–Kier alpha value is -1.84. The number of aryl methyl sites for hydroxylation is 1. The van der Waals surface area contributed by atoms with Gasteiger partial charge in [0.15, 0.2) is 0 Å². The van der Waals surface area contributed by atoms with Crippen molar-refractivity contribution in [1.29, 1.82) is 0 Å². The van der Waals surface area contributed by atoms with Gasteiger partial charge in [-0.3, -0.25) is 4.79 Å². The van der Waals surface area contributed by atoms with Crippen LogP contribution in [0.25, 0.3) is 0 Å². The molecule has 0 spiro atoms. The van der Waals surface area contributed by atoms with Crippen LogP contribution in [-0.4, -0.2) is 35.5 Å². The Balaban J connectivity index is 1.77. The highest BCUT2D eigenvalue weighted by Crippen LogP contribution is 2.24. The number of carboxylic acids is 1. The van der Waals surface area contributed by atoms with E-state index in [0.29, 0.717) is 18.8 Å². The zero-order valence-corrected chi connectivity index (χ0v) is 13.3. The van der Waals surface area contributed by atoms with Crippen LogP contribution in [0.4, 0.5) is 0 Å². The number of aromatic carboxylic acids is 1. The van der Waals surface area contributed by atoms with E-state index in [1.807, 2.05) is 11.9 Å². The largest absolute Gasteiger partial charge is 0.478 e. The number of carbonyl (C=O) groups excluding carboxylic acids is 1. The Morgan fingerprint density at radius 1 is 1.14 bits per heavy atom. The first kappa shape index (κ1) is 16.5. The highest BCUT2D eigenvalue weighted by molar-refractivity contribution is 5.87. The number of amides is 1. The lowest BCUT2D eigenvalue weighted by molar-refractivity contribution is -0.130. The number of carboxylic acid groups (broad SMARTS) is 1. The Labute approximate surface area is 132 Å². The lowest BCUT2D eigenvalue weighted by Crippen LogP contribution is -2.32. The maximum Gasteiger partial charge on any atom is 0.335 e. The van der Waals surface area contributed by atoms with E-state index in [9.17, 15) is 9.59 Å². The summed E-state index contributed by atoms with van der Waals surface area (Å²) in [5, 5.41) is 8.86. The molecule has 0 unspecified atom stereocenters. The molecule has 2 rings (SSSR count). The van der Waals surface area contributed by atoms with E-state index < -0.39 is 5.97 Å². The van der Waals surface area contributed by atoms with E-state index in [-0.39, 0.29) is 11.5 Å². The number of rotatable bonds is 6. The predicted molar refractivity (Wildman–Crippen MR) is 85.9 cm³/mol. The van der Waals surface area contributed by atoms with Crippen molar-refractivity contribution in [2.24, 2.45) is 5.92 Å². The van der Waals surface area contributed by atoms with Crippen molar-refractivity contribution in [3.8, 4) is 0 Å². The van der Waals surface area contributed by atoms with Crippen LogP contribution in [0.15, 0.2) is 24.3 Å². The molecule has 0 aromatic heterocycles. The van der Waals surface area contributed by atoms with E-state index in [4.69, 9.17) is 5.11 Å². The molecule has 4 nitrogen and oxygen atoms in total. The highest BCUT2D eigenvalue weighted by atomic mass is 16.4. The minimum Gasteiger partial charge on any atom is -0.478 e. The quantitative estimate of drug-likeness (QED) is 0.876. The van der Waals surface area contributed by atoms with E-state index in [1.54, 1.807) is 24.3 Å². The normalized spacial score (nSPS) is 15.5. The van der Waals surface area contributed by atoms with E-state index in [2.05, 4.69) is 0 Å². The molecule has 0 aliphatic heterocycles. The molecule has 4 heteroatoms. The molecular weight excluding hydrogens is 278 g/mol. The molecule has 0 bridgehead atoms. The maximum absolute atomic E-state index is 12.2. The molecule has 0 saturated heterocycles. The molecule has 1 saturated carbocycles. The third-order valence-corrected chi connectivity index (χ3v) is 4.51. The molecule has 1 aromatic carbocycles. The SMILES string of the molecule is CN(CC1CCCCC1)C(=O)CCc1ccc(C(=O)O)cc1. The zero-order valence-electron chi connectivity index (χ0n) is 13.3. The van der Waals surface area contributed by atoms with Crippen molar-refractivity contribution in [1.82, 2.24) is 4.90 Å². The molecule has 1 N–H and O–H groups in total. The van der Waals surface area contributed by atoms with Gasteiger partial charge in [-0.2, -0.15) is 0 Å². The van der Waals surface area contributed by atoms with E-state index in [0.717, 1.165) is 12.1 Å². The van der Waals surface area contributed by atoms with Crippen LogP contribution in [0.3, 0.4) is 0 Å². The first-order valence-corrected chi connectivity index (χ1v) is 8.12. The lowest BCUT2D eigenvalue weighted by atomic mass is 9.89. The van der Waals surface area contributed by atoms with Crippen LogP contribution < -0.4 is 0 Å². The molecule has 0 atom stereocenters. The molecule has 22 heavy (non-hydrogen) atoms.